The number of aliphatic hydroxyl groups is 1. The second-order valence-corrected chi connectivity index (χ2v) is 3.41. The predicted molar refractivity (Wildman–Crippen MR) is 49.0 cm³/mol. The molecule has 0 fully saturated rings. The number of nitrogens with zero attached hydrogens (tertiary/aromatic N) is 1. The quantitative estimate of drug-likeness (QED) is 0.697. The van der Waals surface area contributed by atoms with Crippen LogP contribution in [0.15, 0.2) is 0 Å². The van der Waals surface area contributed by atoms with Crippen molar-refractivity contribution in [3.05, 3.63) is 0 Å². The molecule has 2 nitrogen and oxygen atoms in total. The molecule has 0 saturated carbocycles. The predicted octanol–water partition coefficient (Wildman–Crippen LogP) is 1.73. The van der Waals surface area contributed by atoms with Crippen molar-refractivity contribution in [2.45, 2.75) is 39.2 Å². The van der Waals surface area contributed by atoms with E-state index in [0.717, 1.165) is 20.0 Å². The Morgan fingerprint density at radius 2 is 1.77 bits per heavy atom. The van der Waals surface area contributed by atoms with Gasteiger partial charge in [0.1, 0.15) is 0 Å². The van der Waals surface area contributed by atoms with Crippen LogP contribution in [0.5, 0.6) is 0 Å². The number of likely N-dealkylation sites (N-methyl/N-ethyl adjacent to an activating group) is 1. The highest BCUT2D eigenvalue weighted by atomic mass is 19.3. The fourth-order valence-electron chi connectivity index (χ4n) is 1.26. The fraction of sp³-hybridized carbons (Fsp3) is 1.00. The van der Waals surface area contributed by atoms with Crippen molar-refractivity contribution in [1.82, 2.24) is 4.90 Å². The van der Waals surface area contributed by atoms with Crippen LogP contribution in [0, 0.1) is 0 Å². The third kappa shape index (κ3) is 6.90. The second kappa shape index (κ2) is 5.50. The van der Waals surface area contributed by atoms with Gasteiger partial charge in [0.25, 0.3) is 0 Å². The molecule has 0 aromatic rings. The first kappa shape index (κ1) is 12.8. The molecule has 1 unspecified atom stereocenters. The van der Waals surface area contributed by atoms with E-state index in [4.69, 9.17) is 0 Å². The van der Waals surface area contributed by atoms with Crippen LogP contribution in [0.4, 0.5) is 8.78 Å². The van der Waals surface area contributed by atoms with Crippen LogP contribution < -0.4 is 0 Å². The molecule has 0 saturated heterocycles. The fourth-order valence-corrected chi connectivity index (χ4v) is 1.26. The summed E-state index contributed by atoms with van der Waals surface area (Å²) in [5.41, 5.74) is 0. The lowest BCUT2D eigenvalue weighted by molar-refractivity contribution is -0.0348. The van der Waals surface area contributed by atoms with E-state index >= 15 is 0 Å². The first-order valence-corrected chi connectivity index (χ1v) is 4.67. The highest BCUT2D eigenvalue weighted by Gasteiger charge is 2.26. The van der Waals surface area contributed by atoms with Gasteiger partial charge in [-0.2, -0.15) is 0 Å². The topological polar surface area (TPSA) is 23.5 Å². The SMILES string of the molecule is CCN(CC)CC(O)CC(C)(F)F. The number of hydrogen-bond acceptors (Lipinski definition) is 2. The Bertz CT molecular complexity index is 132. The Balaban J connectivity index is 3.79. The molecule has 0 radical (unpaired) electrons. The largest absolute Gasteiger partial charge is 0.392 e. The number of hydrogen-bond donors (Lipinski definition) is 1. The van der Waals surface area contributed by atoms with Crippen molar-refractivity contribution in [2.75, 3.05) is 19.6 Å². The monoisotopic (exact) mass is 195 g/mol. The molecule has 13 heavy (non-hydrogen) atoms. The number of rotatable bonds is 6. The summed E-state index contributed by atoms with van der Waals surface area (Å²) in [6.07, 6.45) is -1.39. The first-order chi connectivity index (χ1) is 5.89. The van der Waals surface area contributed by atoms with Crippen molar-refractivity contribution in [3.8, 4) is 0 Å². The van der Waals surface area contributed by atoms with E-state index in [1.165, 1.54) is 0 Å². The molecule has 1 atom stereocenters. The summed E-state index contributed by atoms with van der Waals surface area (Å²) in [7, 11) is 0. The molecular formula is C9H19F2NO. The molecular weight excluding hydrogens is 176 g/mol. The average Bonchev–Trinajstić information content (AvgIpc) is 1.96. The maximum Gasteiger partial charge on any atom is 0.247 e. The summed E-state index contributed by atoms with van der Waals surface area (Å²) in [6, 6.07) is 0. The van der Waals surface area contributed by atoms with E-state index in [2.05, 4.69) is 0 Å². The normalized spacial score (nSPS) is 15.0. The van der Waals surface area contributed by atoms with E-state index in [1.54, 1.807) is 0 Å². The van der Waals surface area contributed by atoms with Gasteiger partial charge >= 0.3 is 0 Å². The van der Waals surface area contributed by atoms with E-state index in [9.17, 15) is 13.9 Å². The lowest BCUT2D eigenvalue weighted by Gasteiger charge is -2.23. The smallest absolute Gasteiger partial charge is 0.247 e. The molecule has 0 aliphatic carbocycles. The van der Waals surface area contributed by atoms with Gasteiger partial charge in [0, 0.05) is 13.0 Å². The molecule has 0 amide bonds. The van der Waals surface area contributed by atoms with E-state index in [0.29, 0.717) is 6.54 Å². The molecule has 0 spiro atoms. The van der Waals surface area contributed by atoms with E-state index in [-0.39, 0.29) is 0 Å². The minimum absolute atomic E-state index is 0.330. The Morgan fingerprint density at radius 3 is 2.08 bits per heavy atom. The summed E-state index contributed by atoms with van der Waals surface area (Å²) in [5, 5.41) is 9.30. The Morgan fingerprint density at radius 1 is 1.31 bits per heavy atom. The van der Waals surface area contributed by atoms with Gasteiger partial charge in [-0.1, -0.05) is 13.8 Å². The van der Waals surface area contributed by atoms with Crippen LogP contribution in [-0.4, -0.2) is 41.7 Å². The zero-order valence-corrected chi connectivity index (χ0v) is 8.56. The van der Waals surface area contributed by atoms with E-state index < -0.39 is 18.4 Å². The summed E-state index contributed by atoms with van der Waals surface area (Å²) in [6.45, 7) is 6.61. The molecule has 0 heterocycles. The van der Waals surface area contributed by atoms with Gasteiger partial charge in [-0.05, 0) is 20.0 Å². The molecule has 0 aromatic heterocycles. The minimum atomic E-state index is -2.77. The Hall–Kier alpha value is -0.220. The first-order valence-electron chi connectivity index (χ1n) is 4.67. The van der Waals surface area contributed by atoms with Crippen molar-refractivity contribution < 1.29 is 13.9 Å². The lowest BCUT2D eigenvalue weighted by Crippen LogP contribution is -2.35. The van der Waals surface area contributed by atoms with Gasteiger partial charge in [-0.3, -0.25) is 0 Å². The maximum absolute atomic E-state index is 12.5. The van der Waals surface area contributed by atoms with Crippen molar-refractivity contribution in [1.29, 1.82) is 0 Å². The zero-order chi connectivity index (χ0) is 10.5. The van der Waals surface area contributed by atoms with Crippen LogP contribution >= 0.6 is 0 Å². The highest BCUT2D eigenvalue weighted by Crippen LogP contribution is 2.19. The second-order valence-electron chi connectivity index (χ2n) is 3.41. The van der Waals surface area contributed by atoms with Gasteiger partial charge in [0.15, 0.2) is 0 Å². The molecule has 0 aliphatic heterocycles. The molecule has 4 heteroatoms. The number of aliphatic hydroxyl groups excluding tert-OH is 1. The van der Waals surface area contributed by atoms with Gasteiger partial charge in [0.05, 0.1) is 6.10 Å². The molecule has 0 aromatic carbocycles. The molecule has 80 valence electrons. The summed E-state index contributed by atoms with van der Waals surface area (Å²) in [4.78, 5) is 1.93. The third-order valence-electron chi connectivity index (χ3n) is 1.96. The maximum atomic E-state index is 12.5. The average molecular weight is 195 g/mol. The number of alkyl halides is 2. The molecule has 0 rings (SSSR count). The van der Waals surface area contributed by atoms with E-state index in [1.807, 2.05) is 18.7 Å². The minimum Gasteiger partial charge on any atom is -0.392 e. The number of halogens is 2. The van der Waals surface area contributed by atoms with Crippen LogP contribution in [0.1, 0.15) is 27.2 Å². The summed E-state index contributed by atoms with van der Waals surface area (Å²) >= 11 is 0. The zero-order valence-electron chi connectivity index (χ0n) is 8.56. The van der Waals surface area contributed by atoms with Crippen LogP contribution in [0.25, 0.3) is 0 Å². The summed E-state index contributed by atoms with van der Waals surface area (Å²) in [5.74, 6) is -2.77. The molecule has 1 N–H and O–H groups in total. The van der Waals surface area contributed by atoms with Crippen LogP contribution in [0.2, 0.25) is 0 Å². The van der Waals surface area contributed by atoms with Crippen molar-refractivity contribution >= 4 is 0 Å². The van der Waals surface area contributed by atoms with Gasteiger partial charge in [0.2, 0.25) is 5.92 Å². The van der Waals surface area contributed by atoms with Crippen molar-refractivity contribution in [3.63, 3.8) is 0 Å². The van der Waals surface area contributed by atoms with Gasteiger partial charge in [-0.25, -0.2) is 8.78 Å². The highest BCUT2D eigenvalue weighted by molar-refractivity contribution is 4.69. The van der Waals surface area contributed by atoms with Crippen molar-refractivity contribution in [2.24, 2.45) is 0 Å². The standard InChI is InChI=1S/C9H19F2NO/c1-4-12(5-2)7-8(13)6-9(3,10)11/h8,13H,4-7H2,1-3H3. The molecule has 0 aliphatic rings. The van der Waals surface area contributed by atoms with Crippen LogP contribution in [-0.2, 0) is 0 Å². The molecule has 0 bridgehead atoms. The Labute approximate surface area is 78.5 Å². The van der Waals surface area contributed by atoms with Crippen LogP contribution in [0.3, 0.4) is 0 Å². The third-order valence-corrected chi connectivity index (χ3v) is 1.96. The van der Waals surface area contributed by atoms with Gasteiger partial charge in [-0.15, -0.1) is 0 Å². The summed E-state index contributed by atoms with van der Waals surface area (Å²) < 4.78 is 24.9. The van der Waals surface area contributed by atoms with Gasteiger partial charge < -0.3 is 10.0 Å². The Kier molecular flexibility index (Phi) is 5.40. The lowest BCUT2D eigenvalue weighted by atomic mass is 10.1.